The van der Waals surface area contributed by atoms with E-state index in [4.69, 9.17) is 0 Å². The minimum absolute atomic E-state index is 0.0875. The van der Waals surface area contributed by atoms with Crippen LogP contribution in [0, 0.1) is 12.8 Å². The molecular formula is C19H20N2O2. The summed E-state index contributed by atoms with van der Waals surface area (Å²) >= 11 is 0. The normalized spacial score (nSPS) is 13.4. The largest absolute Gasteiger partial charge is 0.348 e. The number of carbonyl (C=O) groups is 2. The quantitative estimate of drug-likeness (QED) is 0.890. The monoisotopic (exact) mass is 308 g/mol. The van der Waals surface area contributed by atoms with Crippen LogP contribution in [0.3, 0.4) is 0 Å². The molecule has 0 aliphatic heterocycles. The first-order valence-electron chi connectivity index (χ1n) is 7.87. The van der Waals surface area contributed by atoms with Crippen LogP contribution in [0.25, 0.3) is 0 Å². The second kappa shape index (κ2) is 6.65. The summed E-state index contributed by atoms with van der Waals surface area (Å²) in [6, 6.07) is 15.1. The lowest BCUT2D eigenvalue weighted by Crippen LogP contribution is -2.23. The van der Waals surface area contributed by atoms with E-state index in [0.29, 0.717) is 12.1 Å². The van der Waals surface area contributed by atoms with Gasteiger partial charge in [-0.2, -0.15) is 0 Å². The van der Waals surface area contributed by atoms with E-state index in [1.165, 1.54) is 0 Å². The Kier molecular flexibility index (Phi) is 4.42. The molecule has 0 spiro atoms. The molecule has 0 unspecified atom stereocenters. The fourth-order valence-electron chi connectivity index (χ4n) is 2.45. The molecular weight excluding hydrogens is 288 g/mol. The summed E-state index contributed by atoms with van der Waals surface area (Å²) in [5, 5.41) is 5.84. The third-order valence-corrected chi connectivity index (χ3v) is 3.99. The summed E-state index contributed by atoms with van der Waals surface area (Å²) in [5.41, 5.74) is 3.38. The van der Waals surface area contributed by atoms with E-state index >= 15 is 0 Å². The number of benzene rings is 2. The van der Waals surface area contributed by atoms with Crippen LogP contribution in [-0.2, 0) is 11.3 Å². The van der Waals surface area contributed by atoms with E-state index in [2.05, 4.69) is 10.6 Å². The molecule has 4 heteroatoms. The molecule has 3 rings (SSSR count). The Labute approximate surface area is 135 Å². The van der Waals surface area contributed by atoms with Crippen molar-refractivity contribution in [3.63, 3.8) is 0 Å². The van der Waals surface area contributed by atoms with Gasteiger partial charge in [-0.1, -0.05) is 30.3 Å². The van der Waals surface area contributed by atoms with Gasteiger partial charge in [-0.15, -0.1) is 0 Å². The average Bonchev–Trinajstić information content (AvgIpc) is 3.38. The number of hydrogen-bond donors (Lipinski definition) is 2. The molecule has 1 fully saturated rings. The molecule has 2 aromatic carbocycles. The van der Waals surface area contributed by atoms with Crippen molar-refractivity contribution < 1.29 is 9.59 Å². The van der Waals surface area contributed by atoms with Crippen molar-refractivity contribution >= 4 is 17.5 Å². The van der Waals surface area contributed by atoms with Gasteiger partial charge in [-0.05, 0) is 49.1 Å². The second-order valence-electron chi connectivity index (χ2n) is 5.96. The van der Waals surface area contributed by atoms with E-state index in [1.54, 1.807) is 0 Å². The maximum Gasteiger partial charge on any atom is 0.251 e. The SMILES string of the molecule is Cc1ccccc1C(=O)NCc1cccc(NC(=O)C2CC2)c1. The summed E-state index contributed by atoms with van der Waals surface area (Å²) in [6.07, 6.45) is 1.97. The highest BCUT2D eigenvalue weighted by Crippen LogP contribution is 2.30. The molecule has 0 aromatic heterocycles. The maximum atomic E-state index is 12.2. The Morgan fingerprint density at radius 3 is 2.61 bits per heavy atom. The van der Waals surface area contributed by atoms with Gasteiger partial charge in [0.1, 0.15) is 0 Å². The average molecular weight is 308 g/mol. The van der Waals surface area contributed by atoms with Crippen LogP contribution in [0.15, 0.2) is 48.5 Å². The van der Waals surface area contributed by atoms with E-state index in [0.717, 1.165) is 29.7 Å². The molecule has 0 atom stereocenters. The lowest BCUT2D eigenvalue weighted by atomic mass is 10.1. The molecule has 1 saturated carbocycles. The zero-order valence-electron chi connectivity index (χ0n) is 13.1. The molecule has 1 aliphatic carbocycles. The fourth-order valence-corrected chi connectivity index (χ4v) is 2.45. The van der Waals surface area contributed by atoms with Crippen LogP contribution in [0.5, 0.6) is 0 Å². The van der Waals surface area contributed by atoms with Crippen LogP contribution in [0.2, 0.25) is 0 Å². The van der Waals surface area contributed by atoms with Gasteiger partial charge < -0.3 is 10.6 Å². The lowest BCUT2D eigenvalue weighted by Gasteiger charge is -2.09. The minimum Gasteiger partial charge on any atom is -0.348 e. The molecule has 118 valence electrons. The van der Waals surface area contributed by atoms with Crippen molar-refractivity contribution in [3.05, 3.63) is 65.2 Å². The van der Waals surface area contributed by atoms with Gasteiger partial charge >= 0.3 is 0 Å². The van der Waals surface area contributed by atoms with Crippen molar-refractivity contribution in [2.45, 2.75) is 26.3 Å². The number of anilines is 1. The first kappa shape index (κ1) is 15.3. The van der Waals surface area contributed by atoms with Gasteiger partial charge in [-0.25, -0.2) is 0 Å². The highest BCUT2D eigenvalue weighted by Gasteiger charge is 2.29. The third kappa shape index (κ3) is 3.97. The molecule has 2 aromatic rings. The van der Waals surface area contributed by atoms with Gasteiger partial charge in [0.2, 0.25) is 5.91 Å². The fraction of sp³-hybridized carbons (Fsp3) is 0.263. The van der Waals surface area contributed by atoms with Crippen molar-refractivity contribution in [1.82, 2.24) is 5.32 Å². The molecule has 0 bridgehead atoms. The Balaban J connectivity index is 1.60. The van der Waals surface area contributed by atoms with Gasteiger partial charge in [0.25, 0.3) is 5.91 Å². The predicted molar refractivity (Wildman–Crippen MR) is 90.1 cm³/mol. The first-order chi connectivity index (χ1) is 11.1. The zero-order valence-corrected chi connectivity index (χ0v) is 13.1. The summed E-state index contributed by atoms with van der Waals surface area (Å²) in [5.74, 6) is 0.182. The summed E-state index contributed by atoms with van der Waals surface area (Å²) < 4.78 is 0. The van der Waals surface area contributed by atoms with Gasteiger partial charge in [0.05, 0.1) is 0 Å². The zero-order chi connectivity index (χ0) is 16.2. The Morgan fingerprint density at radius 1 is 1.09 bits per heavy atom. The van der Waals surface area contributed by atoms with E-state index in [1.807, 2.05) is 55.5 Å². The molecule has 2 amide bonds. The Morgan fingerprint density at radius 2 is 1.87 bits per heavy atom. The number of nitrogens with one attached hydrogen (secondary N) is 2. The van der Waals surface area contributed by atoms with Crippen LogP contribution >= 0.6 is 0 Å². The van der Waals surface area contributed by atoms with Gasteiger partial charge in [-0.3, -0.25) is 9.59 Å². The topological polar surface area (TPSA) is 58.2 Å². The number of rotatable bonds is 5. The standard InChI is InChI=1S/C19H20N2O2/c1-13-5-2-3-8-17(13)19(23)20-12-14-6-4-7-16(11-14)21-18(22)15-9-10-15/h2-8,11,15H,9-10,12H2,1H3,(H,20,23)(H,21,22). The minimum atomic E-state index is -0.0875. The summed E-state index contributed by atoms with van der Waals surface area (Å²) in [4.78, 5) is 24.0. The Hall–Kier alpha value is -2.62. The number of carbonyl (C=O) groups excluding carboxylic acids is 2. The predicted octanol–water partition coefficient (Wildman–Crippen LogP) is 3.27. The van der Waals surface area contributed by atoms with Gasteiger partial charge in [0, 0.05) is 23.7 Å². The van der Waals surface area contributed by atoms with E-state index in [-0.39, 0.29) is 17.7 Å². The number of hydrogen-bond acceptors (Lipinski definition) is 2. The highest BCUT2D eigenvalue weighted by molar-refractivity contribution is 5.95. The van der Waals surface area contributed by atoms with Crippen LogP contribution in [0.4, 0.5) is 5.69 Å². The van der Waals surface area contributed by atoms with Crippen molar-refractivity contribution in [3.8, 4) is 0 Å². The van der Waals surface area contributed by atoms with Gasteiger partial charge in [0.15, 0.2) is 0 Å². The van der Waals surface area contributed by atoms with Crippen LogP contribution < -0.4 is 10.6 Å². The second-order valence-corrected chi connectivity index (χ2v) is 5.96. The maximum absolute atomic E-state index is 12.2. The number of amides is 2. The highest BCUT2D eigenvalue weighted by atomic mass is 16.2. The molecule has 0 radical (unpaired) electrons. The van der Waals surface area contributed by atoms with E-state index in [9.17, 15) is 9.59 Å². The van der Waals surface area contributed by atoms with Crippen molar-refractivity contribution in [2.24, 2.45) is 5.92 Å². The molecule has 0 saturated heterocycles. The number of aryl methyl sites for hydroxylation is 1. The molecule has 1 aliphatic rings. The smallest absolute Gasteiger partial charge is 0.251 e. The lowest BCUT2D eigenvalue weighted by molar-refractivity contribution is -0.117. The first-order valence-corrected chi connectivity index (χ1v) is 7.87. The van der Waals surface area contributed by atoms with Crippen molar-refractivity contribution in [2.75, 3.05) is 5.32 Å². The van der Waals surface area contributed by atoms with Crippen molar-refractivity contribution in [1.29, 1.82) is 0 Å². The van der Waals surface area contributed by atoms with Crippen LogP contribution in [-0.4, -0.2) is 11.8 Å². The molecule has 2 N–H and O–H groups in total. The summed E-state index contributed by atoms with van der Waals surface area (Å²) in [6.45, 7) is 2.35. The third-order valence-electron chi connectivity index (χ3n) is 3.99. The van der Waals surface area contributed by atoms with Crippen LogP contribution in [0.1, 0.15) is 34.3 Å². The molecule has 23 heavy (non-hydrogen) atoms. The summed E-state index contributed by atoms with van der Waals surface area (Å²) in [7, 11) is 0. The van der Waals surface area contributed by atoms with E-state index < -0.39 is 0 Å². The Bertz CT molecular complexity index is 736. The molecule has 4 nitrogen and oxygen atoms in total. The molecule has 0 heterocycles.